The average molecular weight is 738 g/mol. The number of anilines is 4. The summed E-state index contributed by atoms with van der Waals surface area (Å²) in [7, 11) is 1.66. The van der Waals surface area contributed by atoms with Crippen LogP contribution in [0.5, 0.6) is 11.5 Å². The second-order valence-electron chi connectivity index (χ2n) is 11.9. The maximum atomic E-state index is 15.9. The lowest BCUT2D eigenvalue weighted by Crippen LogP contribution is -2.38. The predicted molar refractivity (Wildman–Crippen MR) is 188 cm³/mol. The van der Waals surface area contributed by atoms with E-state index in [0.29, 0.717) is 52.9 Å². The first-order valence-electron chi connectivity index (χ1n) is 14.9. The lowest BCUT2D eigenvalue weighted by molar-refractivity contribution is 0.0303. The Labute approximate surface area is 294 Å². The summed E-state index contributed by atoms with van der Waals surface area (Å²) >= 11 is 7.07. The molecule has 4 aromatic rings. The topological polar surface area (TPSA) is 114 Å². The summed E-state index contributed by atoms with van der Waals surface area (Å²) in [6.07, 6.45) is 0.431. The van der Waals surface area contributed by atoms with Crippen molar-refractivity contribution in [2.45, 2.75) is 37.8 Å². The van der Waals surface area contributed by atoms with Crippen molar-refractivity contribution in [2.75, 3.05) is 55.9 Å². The van der Waals surface area contributed by atoms with Gasteiger partial charge < -0.3 is 29.3 Å². The normalized spacial score (nSPS) is 11.6. The van der Waals surface area contributed by atoms with E-state index in [0.717, 1.165) is 22.6 Å². The number of benzene rings is 3. The molecule has 0 unspecified atom stereocenters. The van der Waals surface area contributed by atoms with Crippen molar-refractivity contribution in [2.24, 2.45) is 0 Å². The Morgan fingerprint density at radius 2 is 1.71 bits per heavy atom. The van der Waals surface area contributed by atoms with Crippen LogP contribution in [0.15, 0.2) is 65.7 Å². The molecule has 0 spiro atoms. The van der Waals surface area contributed by atoms with Crippen LogP contribution in [0.25, 0.3) is 0 Å². The van der Waals surface area contributed by atoms with Gasteiger partial charge >= 0.3 is 6.09 Å². The van der Waals surface area contributed by atoms with E-state index in [1.54, 1.807) is 58.2 Å². The van der Waals surface area contributed by atoms with Crippen molar-refractivity contribution in [3.8, 4) is 11.5 Å². The molecule has 0 aliphatic heterocycles. The number of nitrogens with zero attached hydrogens (tertiary/aromatic N) is 4. The molecule has 0 saturated carbocycles. The minimum atomic E-state index is -4.69. The van der Waals surface area contributed by atoms with Crippen LogP contribution in [0.4, 0.5) is 35.8 Å². The average Bonchev–Trinajstić information content (AvgIpc) is 3.48. The number of para-hydroxylation sites is 2. The highest BCUT2D eigenvalue weighted by atomic mass is 35.5. The Bertz CT molecular complexity index is 1900. The summed E-state index contributed by atoms with van der Waals surface area (Å²) in [6, 6.07) is 13.9. The molecular weight excluding hydrogens is 700 g/mol. The van der Waals surface area contributed by atoms with E-state index in [2.05, 4.69) is 10.3 Å². The number of hydrogen-bond acceptors (Lipinski definition) is 10. The number of nitrogens with one attached hydrogen (secondary N) is 1. The van der Waals surface area contributed by atoms with Crippen LogP contribution in [-0.2, 0) is 21.3 Å². The van der Waals surface area contributed by atoms with Gasteiger partial charge in [0.2, 0.25) is 5.13 Å². The first kappa shape index (κ1) is 37.5. The van der Waals surface area contributed by atoms with Gasteiger partial charge in [0.05, 0.1) is 49.0 Å². The van der Waals surface area contributed by atoms with Gasteiger partial charge in [0.1, 0.15) is 27.8 Å². The summed E-state index contributed by atoms with van der Waals surface area (Å²) in [5.74, 6) is -0.327. The third-order valence-corrected chi connectivity index (χ3v) is 10.1. The Kier molecular flexibility index (Phi) is 11.8. The molecule has 16 heteroatoms. The summed E-state index contributed by atoms with van der Waals surface area (Å²) in [4.78, 5) is 18.9. The third kappa shape index (κ3) is 9.22. The zero-order chi connectivity index (χ0) is 36.1. The van der Waals surface area contributed by atoms with E-state index in [1.165, 1.54) is 19.1 Å². The number of ether oxygens (including phenoxy) is 3. The fourth-order valence-corrected chi connectivity index (χ4v) is 7.21. The molecule has 0 aliphatic carbocycles. The zero-order valence-corrected chi connectivity index (χ0v) is 30.5. The number of likely N-dealkylation sites (N-methyl/N-ethyl adjacent to an activating group) is 2. The number of halogens is 3. The minimum absolute atomic E-state index is 0.0885. The Balaban J connectivity index is 1.61. The molecule has 1 aromatic heterocycles. The molecule has 0 saturated heterocycles. The summed E-state index contributed by atoms with van der Waals surface area (Å²) in [5, 5.41) is 2.06. The molecule has 49 heavy (non-hydrogen) atoms. The van der Waals surface area contributed by atoms with Crippen LogP contribution in [0.2, 0.25) is 5.02 Å². The Hall–Kier alpha value is -4.34. The molecular formula is C33H38ClF2N5O6S2. The lowest BCUT2D eigenvalue weighted by Gasteiger charge is -2.28. The highest BCUT2D eigenvalue weighted by molar-refractivity contribution is 7.93. The van der Waals surface area contributed by atoms with E-state index in [4.69, 9.17) is 25.8 Å². The van der Waals surface area contributed by atoms with Gasteiger partial charge in [-0.05, 0) is 51.1 Å². The lowest BCUT2D eigenvalue weighted by atomic mass is 10.2. The largest absolute Gasteiger partial charge is 0.497 e. The Morgan fingerprint density at radius 3 is 2.35 bits per heavy atom. The first-order valence-corrected chi connectivity index (χ1v) is 17.5. The highest BCUT2D eigenvalue weighted by Crippen LogP contribution is 2.38. The number of sulfonamides is 1. The Morgan fingerprint density at radius 1 is 1.00 bits per heavy atom. The number of carbonyl (C=O) groups is 1. The van der Waals surface area contributed by atoms with Crippen LogP contribution in [-0.4, -0.2) is 71.4 Å². The number of methoxy groups -OCH3 is 2. The molecule has 0 fully saturated rings. The maximum absolute atomic E-state index is 15.9. The first-order chi connectivity index (χ1) is 23.0. The van der Waals surface area contributed by atoms with E-state index in [1.807, 2.05) is 24.1 Å². The number of hydrogen-bond donors (Lipinski definition) is 1. The van der Waals surface area contributed by atoms with Gasteiger partial charge in [0.25, 0.3) is 10.0 Å². The van der Waals surface area contributed by atoms with Gasteiger partial charge in [0.15, 0.2) is 5.13 Å². The molecule has 3 aromatic carbocycles. The van der Waals surface area contributed by atoms with Crippen LogP contribution in [0.1, 0.15) is 26.3 Å². The molecule has 0 aliphatic rings. The SMILES string of the molecule is COc1ccc(CN(c2ncc(F)s2)S(=O)(=O)c2cc(Cl)c(Nc3ccccc3N(C)CCN(C)C(=O)OC(C)(C)C)cc2F)c(OC)c1. The smallest absolute Gasteiger partial charge is 0.410 e. The number of carbonyl (C=O) groups excluding carboxylic acids is 1. The van der Waals surface area contributed by atoms with Gasteiger partial charge in [-0.15, -0.1) is 0 Å². The highest BCUT2D eigenvalue weighted by Gasteiger charge is 2.32. The molecule has 4 rings (SSSR count). The van der Waals surface area contributed by atoms with Crippen molar-refractivity contribution >= 4 is 61.2 Å². The molecule has 0 bridgehead atoms. The van der Waals surface area contributed by atoms with E-state index < -0.39 is 37.6 Å². The van der Waals surface area contributed by atoms with Crippen LogP contribution in [0, 0.1) is 10.9 Å². The van der Waals surface area contributed by atoms with Crippen molar-refractivity contribution in [1.82, 2.24) is 9.88 Å². The summed E-state index contributed by atoms with van der Waals surface area (Å²) in [6.45, 7) is 5.80. The number of aromatic nitrogens is 1. The van der Waals surface area contributed by atoms with E-state index in [-0.39, 0.29) is 22.4 Å². The van der Waals surface area contributed by atoms with Crippen LogP contribution >= 0.6 is 22.9 Å². The molecule has 264 valence electrons. The molecule has 1 heterocycles. The number of rotatable bonds is 13. The van der Waals surface area contributed by atoms with E-state index in [9.17, 15) is 17.6 Å². The second-order valence-corrected chi connectivity index (χ2v) is 15.1. The summed E-state index contributed by atoms with van der Waals surface area (Å²) < 4.78 is 74.9. The van der Waals surface area contributed by atoms with E-state index >= 15 is 4.39 Å². The van der Waals surface area contributed by atoms with Gasteiger partial charge in [-0.3, -0.25) is 0 Å². The molecule has 1 amide bonds. The monoisotopic (exact) mass is 737 g/mol. The third-order valence-electron chi connectivity index (χ3n) is 7.14. The van der Waals surface area contributed by atoms with Crippen molar-refractivity contribution in [3.63, 3.8) is 0 Å². The van der Waals surface area contributed by atoms with Gasteiger partial charge in [-0.1, -0.05) is 35.1 Å². The maximum Gasteiger partial charge on any atom is 0.410 e. The molecule has 0 atom stereocenters. The van der Waals surface area contributed by atoms with Crippen LogP contribution < -0.4 is 24.0 Å². The standard InChI is InChI=1S/C33H38ClF2N5O6S2/c1-33(2,3)47-32(42)40(5)15-14-39(4)27-11-9-8-10-25(27)38-26-18-24(35)29(17-23(26)34)49(43,44)41(31-37-19-30(36)48-31)20-21-12-13-22(45-6)16-28(21)46-7/h8-13,16-19,38H,14-15,20H2,1-7H3. The van der Waals surface area contributed by atoms with Crippen molar-refractivity contribution < 1.29 is 36.2 Å². The predicted octanol–water partition coefficient (Wildman–Crippen LogP) is 7.53. The molecule has 0 radical (unpaired) electrons. The number of thiazole rings is 1. The van der Waals surface area contributed by atoms with Crippen molar-refractivity contribution in [3.05, 3.63) is 82.3 Å². The van der Waals surface area contributed by atoms with Gasteiger partial charge in [0, 0.05) is 44.9 Å². The molecule has 1 N–H and O–H groups in total. The van der Waals surface area contributed by atoms with Gasteiger partial charge in [-0.2, -0.15) is 4.39 Å². The fraction of sp³-hybridized carbons (Fsp3) is 0.333. The van der Waals surface area contributed by atoms with Gasteiger partial charge in [-0.25, -0.2) is 26.9 Å². The molecule has 11 nitrogen and oxygen atoms in total. The number of amides is 1. The minimum Gasteiger partial charge on any atom is -0.497 e. The summed E-state index contributed by atoms with van der Waals surface area (Å²) in [5.41, 5.74) is 1.13. The fourth-order valence-electron chi connectivity index (χ4n) is 4.60. The van der Waals surface area contributed by atoms with Crippen LogP contribution in [0.3, 0.4) is 0 Å². The zero-order valence-electron chi connectivity index (χ0n) is 28.1. The second kappa shape index (κ2) is 15.5. The quantitative estimate of drug-likeness (QED) is 0.149. The van der Waals surface area contributed by atoms with Crippen molar-refractivity contribution in [1.29, 1.82) is 0 Å².